The van der Waals surface area contributed by atoms with Crippen LogP contribution in [0.15, 0.2) is 48.7 Å². The van der Waals surface area contributed by atoms with Crippen LogP contribution < -0.4 is 14.8 Å². The van der Waals surface area contributed by atoms with E-state index in [2.05, 4.69) is 20.5 Å². The maximum atomic E-state index is 13.0. The van der Waals surface area contributed by atoms with Gasteiger partial charge in [-0.25, -0.2) is 0 Å². The van der Waals surface area contributed by atoms with Gasteiger partial charge in [0.15, 0.2) is 11.5 Å². The largest absolute Gasteiger partial charge is 0.493 e. The highest BCUT2D eigenvalue weighted by molar-refractivity contribution is 5.96. The lowest BCUT2D eigenvalue weighted by Crippen LogP contribution is -2.43. The zero-order valence-electron chi connectivity index (χ0n) is 18.0. The van der Waals surface area contributed by atoms with Gasteiger partial charge in [-0.1, -0.05) is 6.07 Å². The van der Waals surface area contributed by atoms with Gasteiger partial charge in [0, 0.05) is 31.0 Å². The molecule has 1 fully saturated rings. The van der Waals surface area contributed by atoms with Gasteiger partial charge in [0.25, 0.3) is 5.91 Å². The van der Waals surface area contributed by atoms with Gasteiger partial charge in [-0.05, 0) is 43.2 Å². The van der Waals surface area contributed by atoms with Gasteiger partial charge >= 0.3 is 0 Å². The minimum absolute atomic E-state index is 0.131. The van der Waals surface area contributed by atoms with Crippen LogP contribution in [0.5, 0.6) is 11.5 Å². The third-order valence-corrected chi connectivity index (χ3v) is 5.47. The molecule has 0 bridgehead atoms. The lowest BCUT2D eigenvalue weighted by atomic mass is 9.96. The minimum atomic E-state index is -0.307. The third-order valence-electron chi connectivity index (χ3n) is 5.47. The first-order valence-corrected chi connectivity index (χ1v) is 10.4. The molecule has 1 aliphatic heterocycles. The van der Waals surface area contributed by atoms with Crippen LogP contribution in [0.25, 0.3) is 11.4 Å². The number of pyridine rings is 1. The number of aromatic amines is 1. The van der Waals surface area contributed by atoms with E-state index in [1.54, 1.807) is 49.6 Å². The van der Waals surface area contributed by atoms with Gasteiger partial charge < -0.3 is 19.7 Å². The maximum absolute atomic E-state index is 13.0. The van der Waals surface area contributed by atoms with E-state index in [9.17, 15) is 9.59 Å². The molecule has 2 N–H and O–H groups in total. The average Bonchev–Trinajstić information content (AvgIpc) is 3.34. The maximum Gasteiger partial charge on any atom is 0.271 e. The van der Waals surface area contributed by atoms with Crippen molar-refractivity contribution in [2.75, 3.05) is 32.6 Å². The van der Waals surface area contributed by atoms with Crippen molar-refractivity contribution < 1.29 is 19.1 Å². The summed E-state index contributed by atoms with van der Waals surface area (Å²) in [4.78, 5) is 31.8. The van der Waals surface area contributed by atoms with Gasteiger partial charge in [0.1, 0.15) is 11.4 Å². The molecule has 1 aliphatic rings. The average molecular weight is 435 g/mol. The van der Waals surface area contributed by atoms with Crippen molar-refractivity contribution in [2.45, 2.75) is 12.8 Å². The molecule has 166 valence electrons. The second-order valence-corrected chi connectivity index (χ2v) is 7.53. The highest BCUT2D eigenvalue weighted by Crippen LogP contribution is 2.30. The topological polar surface area (TPSA) is 109 Å². The number of carbonyl (C=O) groups excluding carboxylic acids is 2. The Labute approximate surface area is 185 Å². The smallest absolute Gasteiger partial charge is 0.271 e. The van der Waals surface area contributed by atoms with Crippen molar-refractivity contribution in [3.05, 3.63) is 54.4 Å². The van der Waals surface area contributed by atoms with E-state index in [1.165, 1.54) is 0 Å². The summed E-state index contributed by atoms with van der Waals surface area (Å²) in [5, 5.41) is 9.93. The molecule has 0 spiro atoms. The Balaban J connectivity index is 1.41. The van der Waals surface area contributed by atoms with Crippen molar-refractivity contribution in [3.63, 3.8) is 0 Å². The second-order valence-electron chi connectivity index (χ2n) is 7.53. The summed E-state index contributed by atoms with van der Waals surface area (Å²) >= 11 is 0. The van der Waals surface area contributed by atoms with Gasteiger partial charge in [-0.3, -0.25) is 19.7 Å². The molecule has 2 amide bonds. The zero-order chi connectivity index (χ0) is 22.5. The molecule has 0 aliphatic carbocycles. The van der Waals surface area contributed by atoms with E-state index < -0.39 is 0 Å². The number of benzene rings is 1. The molecular formula is C23H25N5O4. The van der Waals surface area contributed by atoms with Crippen LogP contribution in [0, 0.1) is 5.92 Å². The van der Waals surface area contributed by atoms with E-state index in [-0.39, 0.29) is 17.7 Å². The number of likely N-dealkylation sites (tertiary alicyclic amines) is 1. The number of nitrogens with zero attached hydrogens (tertiary/aromatic N) is 3. The monoisotopic (exact) mass is 435 g/mol. The number of rotatable bonds is 6. The molecule has 1 saturated heterocycles. The van der Waals surface area contributed by atoms with E-state index >= 15 is 0 Å². The molecule has 4 rings (SSSR count). The number of carbonyl (C=O) groups is 2. The number of nitrogens with one attached hydrogen (secondary N) is 2. The normalized spacial score (nSPS) is 15.8. The highest BCUT2D eigenvalue weighted by Gasteiger charge is 2.30. The number of ether oxygens (including phenoxy) is 2. The quantitative estimate of drug-likeness (QED) is 0.616. The van der Waals surface area contributed by atoms with E-state index in [0.29, 0.717) is 53.8 Å². The Morgan fingerprint density at radius 1 is 1.09 bits per heavy atom. The molecule has 9 nitrogen and oxygen atoms in total. The fourth-order valence-electron chi connectivity index (χ4n) is 3.78. The number of amides is 2. The molecule has 3 heterocycles. The fraction of sp³-hybridized carbons (Fsp3) is 0.304. The van der Waals surface area contributed by atoms with E-state index in [0.717, 1.165) is 6.42 Å². The zero-order valence-corrected chi connectivity index (χ0v) is 18.0. The van der Waals surface area contributed by atoms with E-state index in [4.69, 9.17) is 9.47 Å². The molecule has 9 heteroatoms. The third kappa shape index (κ3) is 4.56. The van der Waals surface area contributed by atoms with E-state index in [1.807, 2.05) is 18.2 Å². The number of methoxy groups -OCH3 is 2. The summed E-state index contributed by atoms with van der Waals surface area (Å²) in [5.74, 6) is 0.508. The second kappa shape index (κ2) is 9.51. The van der Waals surface area contributed by atoms with Crippen LogP contribution >= 0.6 is 0 Å². The van der Waals surface area contributed by atoms with Crippen LogP contribution in [-0.4, -0.2) is 59.2 Å². The molecule has 1 atom stereocenters. The molecular weight excluding hydrogens is 410 g/mol. The van der Waals surface area contributed by atoms with Gasteiger partial charge in [-0.15, -0.1) is 0 Å². The number of anilines is 1. The van der Waals surface area contributed by atoms with Crippen molar-refractivity contribution in [1.82, 2.24) is 20.1 Å². The number of aromatic nitrogens is 3. The summed E-state index contributed by atoms with van der Waals surface area (Å²) in [6.45, 7) is 0.937. The summed E-state index contributed by atoms with van der Waals surface area (Å²) in [5.41, 5.74) is 2.29. The molecule has 0 saturated carbocycles. The van der Waals surface area contributed by atoms with Crippen LogP contribution in [0.4, 0.5) is 5.69 Å². The Kier molecular flexibility index (Phi) is 6.34. The number of H-pyrrole nitrogens is 1. The first-order valence-electron chi connectivity index (χ1n) is 10.4. The Hall–Kier alpha value is -3.88. The predicted molar refractivity (Wildman–Crippen MR) is 119 cm³/mol. The Bertz CT molecular complexity index is 1100. The van der Waals surface area contributed by atoms with Crippen LogP contribution in [-0.2, 0) is 4.79 Å². The SMILES string of the molecule is COc1ccc(NC(=O)[C@H]2CCCN(C(=O)c3cc(-c4ccccn4)n[nH]3)C2)cc1OC. The first kappa shape index (κ1) is 21.4. The van der Waals surface area contributed by atoms with Crippen LogP contribution in [0.2, 0.25) is 0 Å². The summed E-state index contributed by atoms with van der Waals surface area (Å²) in [6.07, 6.45) is 3.14. The fourth-order valence-corrected chi connectivity index (χ4v) is 3.78. The van der Waals surface area contributed by atoms with Crippen molar-refractivity contribution >= 4 is 17.5 Å². The van der Waals surface area contributed by atoms with Crippen molar-refractivity contribution in [2.24, 2.45) is 5.92 Å². The standard InChI is InChI=1S/C23H25N5O4/c1-31-20-9-8-16(12-21(20)32-2)25-22(29)15-6-5-11-28(14-15)23(30)19-13-18(26-27-19)17-7-3-4-10-24-17/h3-4,7-10,12-13,15H,5-6,11,14H2,1-2H3,(H,25,29)(H,26,27)/t15-/m0/s1. The number of hydrogen-bond acceptors (Lipinski definition) is 6. The lowest BCUT2D eigenvalue weighted by Gasteiger charge is -2.31. The first-order chi connectivity index (χ1) is 15.6. The van der Waals surface area contributed by atoms with Crippen molar-refractivity contribution in [1.29, 1.82) is 0 Å². The predicted octanol–water partition coefficient (Wildman–Crippen LogP) is 2.98. The Morgan fingerprint density at radius 2 is 1.94 bits per heavy atom. The summed E-state index contributed by atoms with van der Waals surface area (Å²) in [7, 11) is 3.10. The molecule has 32 heavy (non-hydrogen) atoms. The molecule has 0 unspecified atom stereocenters. The van der Waals surface area contributed by atoms with Gasteiger partial charge in [0.05, 0.1) is 25.8 Å². The number of hydrogen-bond donors (Lipinski definition) is 2. The highest BCUT2D eigenvalue weighted by atomic mass is 16.5. The molecule has 2 aromatic heterocycles. The minimum Gasteiger partial charge on any atom is -0.493 e. The molecule has 1 aromatic carbocycles. The van der Waals surface area contributed by atoms with Gasteiger partial charge in [0.2, 0.25) is 5.91 Å². The van der Waals surface area contributed by atoms with Crippen molar-refractivity contribution in [3.8, 4) is 22.9 Å². The summed E-state index contributed by atoms with van der Waals surface area (Å²) < 4.78 is 10.5. The van der Waals surface area contributed by atoms with Crippen LogP contribution in [0.1, 0.15) is 23.3 Å². The van der Waals surface area contributed by atoms with Gasteiger partial charge in [-0.2, -0.15) is 5.10 Å². The number of piperidine rings is 1. The Morgan fingerprint density at radius 3 is 2.69 bits per heavy atom. The molecule has 0 radical (unpaired) electrons. The molecule has 3 aromatic rings. The van der Waals surface area contributed by atoms with Crippen LogP contribution in [0.3, 0.4) is 0 Å². The lowest BCUT2D eigenvalue weighted by molar-refractivity contribution is -0.121. The summed E-state index contributed by atoms with van der Waals surface area (Å²) in [6, 6.07) is 12.4.